The molecule has 7 nitrogen and oxygen atoms in total. The molecule has 18 heavy (non-hydrogen) atoms. The third-order valence-corrected chi connectivity index (χ3v) is 2.26. The molecule has 0 aromatic carbocycles. The van der Waals surface area contributed by atoms with Gasteiger partial charge < -0.3 is 4.98 Å². The number of imidazole rings is 1. The highest BCUT2D eigenvalue weighted by molar-refractivity contribution is 6.01. The quantitative estimate of drug-likeness (QED) is 0.828. The minimum atomic E-state index is -0.408. The van der Waals surface area contributed by atoms with Crippen LogP contribution in [0, 0.1) is 0 Å². The lowest BCUT2D eigenvalue weighted by Crippen LogP contribution is -2.26. The molecule has 0 bridgehead atoms. The first kappa shape index (κ1) is 12.0. The Balaban J connectivity index is 2.20. The molecule has 0 aliphatic rings. The maximum absolute atomic E-state index is 11.8. The third-order valence-electron chi connectivity index (χ3n) is 2.26. The average molecular weight is 247 g/mol. The first-order valence-corrected chi connectivity index (χ1v) is 5.59. The molecule has 0 saturated heterocycles. The number of carbonyl (C=O) groups is 1. The predicted octanol–water partition coefficient (Wildman–Crippen LogP) is 0.629. The summed E-state index contributed by atoms with van der Waals surface area (Å²) < 4.78 is 1.27. The van der Waals surface area contributed by atoms with E-state index in [4.69, 9.17) is 0 Å². The van der Waals surface area contributed by atoms with Crippen molar-refractivity contribution in [2.24, 2.45) is 0 Å². The van der Waals surface area contributed by atoms with Crippen LogP contribution in [0.25, 0.3) is 0 Å². The number of rotatable bonds is 4. The highest BCUT2D eigenvalue weighted by Crippen LogP contribution is 1.99. The van der Waals surface area contributed by atoms with Gasteiger partial charge in [-0.05, 0) is 12.5 Å². The maximum atomic E-state index is 11.8. The molecule has 2 aromatic rings. The Labute approximate surface area is 103 Å². The monoisotopic (exact) mass is 247 g/mol. The van der Waals surface area contributed by atoms with Crippen molar-refractivity contribution >= 4 is 11.9 Å². The molecule has 2 rings (SSSR count). The van der Waals surface area contributed by atoms with Crippen molar-refractivity contribution in [3.63, 3.8) is 0 Å². The lowest BCUT2D eigenvalue weighted by Gasteiger charge is -2.05. The van der Waals surface area contributed by atoms with Gasteiger partial charge in [-0.25, -0.2) is 9.67 Å². The Bertz CT molecular complexity index is 588. The van der Waals surface area contributed by atoms with Gasteiger partial charge in [0.25, 0.3) is 11.5 Å². The highest BCUT2D eigenvalue weighted by atomic mass is 16.2. The Morgan fingerprint density at radius 3 is 3.00 bits per heavy atom. The van der Waals surface area contributed by atoms with E-state index in [1.54, 1.807) is 6.20 Å². The summed E-state index contributed by atoms with van der Waals surface area (Å²) in [4.78, 5) is 29.9. The van der Waals surface area contributed by atoms with E-state index in [9.17, 15) is 9.59 Å². The third kappa shape index (κ3) is 2.62. The molecule has 0 radical (unpaired) electrons. The summed E-state index contributed by atoms with van der Waals surface area (Å²) in [7, 11) is 0. The minimum Gasteiger partial charge on any atom is -0.331 e. The molecule has 0 atom stereocenters. The van der Waals surface area contributed by atoms with Gasteiger partial charge in [-0.3, -0.25) is 14.9 Å². The van der Waals surface area contributed by atoms with Crippen LogP contribution in [0.5, 0.6) is 0 Å². The summed E-state index contributed by atoms with van der Waals surface area (Å²) in [6.07, 6.45) is 3.90. The average Bonchev–Trinajstić information content (AvgIpc) is 2.85. The Morgan fingerprint density at radius 1 is 1.50 bits per heavy atom. The summed E-state index contributed by atoms with van der Waals surface area (Å²) in [6.45, 7) is 2.42. The Morgan fingerprint density at radius 2 is 2.33 bits per heavy atom. The van der Waals surface area contributed by atoms with Gasteiger partial charge in [-0.2, -0.15) is 5.10 Å². The van der Waals surface area contributed by atoms with Crippen LogP contribution in [0.1, 0.15) is 23.8 Å². The van der Waals surface area contributed by atoms with Gasteiger partial charge >= 0.3 is 0 Å². The van der Waals surface area contributed by atoms with Crippen LogP contribution < -0.4 is 10.9 Å². The van der Waals surface area contributed by atoms with Crippen LogP contribution in [-0.2, 0) is 6.54 Å². The molecule has 0 aliphatic carbocycles. The normalized spacial score (nSPS) is 10.3. The second-order valence-electron chi connectivity index (χ2n) is 3.67. The van der Waals surface area contributed by atoms with E-state index in [-0.39, 0.29) is 11.3 Å². The summed E-state index contributed by atoms with van der Waals surface area (Å²) in [6, 6.07) is 2.73. The number of aromatic nitrogens is 4. The zero-order chi connectivity index (χ0) is 13.0. The lowest BCUT2D eigenvalue weighted by atomic mass is 10.3. The fraction of sp³-hybridized carbons (Fsp3) is 0.273. The summed E-state index contributed by atoms with van der Waals surface area (Å²) in [5.41, 5.74) is -0.0363. The van der Waals surface area contributed by atoms with Gasteiger partial charge in [-0.1, -0.05) is 6.92 Å². The Kier molecular flexibility index (Phi) is 3.52. The number of nitrogens with zero attached hydrogens (tertiary/aromatic N) is 3. The van der Waals surface area contributed by atoms with Crippen LogP contribution in [-0.4, -0.2) is 25.7 Å². The SMILES string of the molecule is CCCn1nc(C(=O)Nc2ncc[nH]2)ccc1=O. The largest absolute Gasteiger partial charge is 0.331 e. The molecule has 7 heteroatoms. The van der Waals surface area contributed by atoms with E-state index < -0.39 is 5.91 Å². The number of amides is 1. The molecule has 2 heterocycles. The first-order chi connectivity index (χ1) is 8.70. The van der Waals surface area contributed by atoms with E-state index in [0.717, 1.165) is 6.42 Å². The van der Waals surface area contributed by atoms with Crippen molar-refractivity contribution in [1.29, 1.82) is 0 Å². The van der Waals surface area contributed by atoms with Crippen LogP contribution in [0.4, 0.5) is 5.95 Å². The number of aromatic amines is 1. The number of anilines is 1. The van der Waals surface area contributed by atoms with Gasteiger partial charge in [0.05, 0.1) is 0 Å². The van der Waals surface area contributed by atoms with Crippen molar-refractivity contribution in [2.45, 2.75) is 19.9 Å². The standard InChI is InChI=1S/C11H13N5O2/c1-2-7-16-9(17)4-3-8(15-16)10(18)14-11-12-5-6-13-11/h3-6H,2,7H2,1H3,(H2,12,13,14,18). The van der Waals surface area contributed by atoms with E-state index >= 15 is 0 Å². The maximum Gasteiger partial charge on any atom is 0.278 e. The van der Waals surface area contributed by atoms with Crippen LogP contribution in [0.3, 0.4) is 0 Å². The zero-order valence-electron chi connectivity index (χ0n) is 9.88. The van der Waals surface area contributed by atoms with Crippen molar-refractivity contribution in [3.8, 4) is 0 Å². The molecule has 0 aliphatic heterocycles. The van der Waals surface area contributed by atoms with E-state index in [1.165, 1.54) is 23.0 Å². The molecule has 94 valence electrons. The molecule has 0 spiro atoms. The molecule has 2 N–H and O–H groups in total. The molecular formula is C11H13N5O2. The van der Waals surface area contributed by atoms with Gasteiger partial charge in [0.15, 0.2) is 0 Å². The number of hydrogen-bond donors (Lipinski definition) is 2. The van der Waals surface area contributed by atoms with E-state index in [1.807, 2.05) is 6.92 Å². The second kappa shape index (κ2) is 5.26. The summed E-state index contributed by atoms with van der Waals surface area (Å²) >= 11 is 0. The minimum absolute atomic E-state index is 0.180. The van der Waals surface area contributed by atoms with Crippen LogP contribution >= 0.6 is 0 Å². The molecule has 0 fully saturated rings. The second-order valence-corrected chi connectivity index (χ2v) is 3.67. The molecule has 2 aromatic heterocycles. The first-order valence-electron chi connectivity index (χ1n) is 5.59. The summed E-state index contributed by atoms with van der Waals surface area (Å²) in [5, 5.41) is 6.54. The Hall–Kier alpha value is -2.44. The van der Waals surface area contributed by atoms with Crippen LogP contribution in [0.15, 0.2) is 29.3 Å². The zero-order valence-corrected chi connectivity index (χ0v) is 9.88. The van der Waals surface area contributed by atoms with E-state index in [2.05, 4.69) is 20.4 Å². The predicted molar refractivity (Wildman–Crippen MR) is 65.3 cm³/mol. The number of hydrogen-bond acceptors (Lipinski definition) is 4. The number of nitrogens with one attached hydrogen (secondary N) is 2. The lowest BCUT2D eigenvalue weighted by molar-refractivity contribution is 0.101. The molecular weight excluding hydrogens is 234 g/mol. The highest BCUT2D eigenvalue weighted by Gasteiger charge is 2.10. The van der Waals surface area contributed by atoms with Crippen molar-refractivity contribution < 1.29 is 4.79 Å². The smallest absolute Gasteiger partial charge is 0.278 e. The number of H-pyrrole nitrogens is 1. The van der Waals surface area contributed by atoms with Gasteiger partial charge in [0.1, 0.15) is 5.69 Å². The van der Waals surface area contributed by atoms with Crippen LogP contribution in [0.2, 0.25) is 0 Å². The van der Waals surface area contributed by atoms with E-state index in [0.29, 0.717) is 12.5 Å². The molecule has 1 amide bonds. The van der Waals surface area contributed by atoms with Gasteiger partial charge in [0.2, 0.25) is 5.95 Å². The van der Waals surface area contributed by atoms with Gasteiger partial charge in [-0.15, -0.1) is 0 Å². The topological polar surface area (TPSA) is 92.7 Å². The molecule has 0 unspecified atom stereocenters. The van der Waals surface area contributed by atoms with Crippen molar-refractivity contribution in [1.82, 2.24) is 19.7 Å². The fourth-order valence-electron chi connectivity index (χ4n) is 1.45. The number of aryl methyl sites for hydroxylation is 1. The fourth-order valence-corrected chi connectivity index (χ4v) is 1.45. The number of carbonyl (C=O) groups excluding carboxylic acids is 1. The van der Waals surface area contributed by atoms with Crippen molar-refractivity contribution in [3.05, 3.63) is 40.6 Å². The molecule has 0 saturated carbocycles. The summed E-state index contributed by atoms with van der Waals surface area (Å²) in [5.74, 6) is -0.0650. The van der Waals surface area contributed by atoms with Crippen molar-refractivity contribution in [2.75, 3.05) is 5.32 Å². The van der Waals surface area contributed by atoms with Gasteiger partial charge in [0, 0.05) is 25.0 Å².